The van der Waals surface area contributed by atoms with Gasteiger partial charge in [0.25, 0.3) is 0 Å². The van der Waals surface area contributed by atoms with Crippen LogP contribution in [0.2, 0.25) is 0 Å². The molecule has 1 fully saturated rings. The quantitative estimate of drug-likeness (QED) is 0.678. The van der Waals surface area contributed by atoms with Crippen molar-refractivity contribution in [3.8, 4) is 5.75 Å². The summed E-state index contributed by atoms with van der Waals surface area (Å²) >= 11 is 0. The molecule has 1 aromatic carbocycles. The zero-order valence-corrected chi connectivity index (χ0v) is 14.1. The number of hydrogen-bond acceptors (Lipinski definition) is 1. The van der Waals surface area contributed by atoms with Crippen LogP contribution in [0.3, 0.4) is 0 Å². The summed E-state index contributed by atoms with van der Waals surface area (Å²) in [7, 11) is 0. The van der Waals surface area contributed by atoms with E-state index < -0.39 is 0 Å². The minimum Gasteiger partial charge on any atom is -0.508 e. The van der Waals surface area contributed by atoms with Crippen molar-refractivity contribution in [1.29, 1.82) is 0 Å². The molecule has 1 heteroatoms. The van der Waals surface area contributed by atoms with Gasteiger partial charge in [-0.15, -0.1) is 0 Å². The minimum absolute atomic E-state index is 0.0227. The molecule has 1 unspecified atom stereocenters. The number of hydrogen-bond donors (Lipinski definition) is 1. The number of benzene rings is 1. The van der Waals surface area contributed by atoms with Crippen molar-refractivity contribution >= 4 is 0 Å². The Hall–Kier alpha value is -1.24. The van der Waals surface area contributed by atoms with Crippen LogP contribution in [0.4, 0.5) is 0 Å². The van der Waals surface area contributed by atoms with Gasteiger partial charge in [0.1, 0.15) is 5.75 Å². The number of fused-ring (bicyclic) bond motifs is 3. The lowest BCUT2D eigenvalue weighted by Crippen LogP contribution is -2.40. The highest BCUT2D eigenvalue weighted by Gasteiger charge is 2.46. The summed E-state index contributed by atoms with van der Waals surface area (Å²) in [6, 6.07) is 4.32. The molecule has 0 radical (unpaired) electrons. The average molecular weight is 284 g/mol. The molecule has 0 aliphatic heterocycles. The summed E-state index contributed by atoms with van der Waals surface area (Å²) in [5, 5.41) is 10.7. The van der Waals surface area contributed by atoms with Gasteiger partial charge in [-0.2, -0.15) is 0 Å². The summed E-state index contributed by atoms with van der Waals surface area (Å²) in [6.45, 7) is 11.4. The van der Waals surface area contributed by atoms with Crippen molar-refractivity contribution in [3.05, 3.63) is 40.5 Å². The van der Waals surface area contributed by atoms with Gasteiger partial charge in [0.2, 0.25) is 0 Å². The van der Waals surface area contributed by atoms with E-state index in [0.29, 0.717) is 11.7 Å². The zero-order chi connectivity index (χ0) is 15.4. The first kappa shape index (κ1) is 14.7. The van der Waals surface area contributed by atoms with Gasteiger partial charge in [-0.05, 0) is 47.8 Å². The summed E-state index contributed by atoms with van der Waals surface area (Å²) in [5.74, 6) is 0.976. The molecular formula is C20H28O. The molecule has 1 N–H and O–H groups in total. The van der Waals surface area contributed by atoms with E-state index in [1.807, 2.05) is 6.07 Å². The first-order valence-corrected chi connectivity index (χ1v) is 8.33. The molecule has 1 nitrogen and oxygen atoms in total. The van der Waals surface area contributed by atoms with E-state index in [1.54, 1.807) is 5.57 Å². The fourth-order valence-corrected chi connectivity index (χ4v) is 4.71. The van der Waals surface area contributed by atoms with Crippen molar-refractivity contribution in [2.75, 3.05) is 0 Å². The fraction of sp³-hybridized carbons (Fsp3) is 0.600. The highest BCUT2D eigenvalue weighted by molar-refractivity contribution is 5.56. The fourth-order valence-electron chi connectivity index (χ4n) is 4.71. The SMILES string of the molecule is CC(C)c1cc(O)c2c(c1)CC=C1C(C)(C)CCCC12C. The van der Waals surface area contributed by atoms with E-state index in [4.69, 9.17) is 0 Å². The third kappa shape index (κ3) is 2.13. The van der Waals surface area contributed by atoms with Crippen LogP contribution in [0, 0.1) is 5.41 Å². The molecule has 1 atom stereocenters. The Labute approximate surface area is 129 Å². The molecule has 3 rings (SSSR count). The van der Waals surface area contributed by atoms with Crippen LogP contribution in [0.1, 0.15) is 76.5 Å². The maximum atomic E-state index is 10.7. The van der Waals surface area contributed by atoms with Crippen molar-refractivity contribution in [2.24, 2.45) is 5.41 Å². The Morgan fingerprint density at radius 3 is 2.48 bits per heavy atom. The van der Waals surface area contributed by atoms with Gasteiger partial charge in [0.05, 0.1) is 0 Å². The third-order valence-electron chi connectivity index (χ3n) is 5.77. The van der Waals surface area contributed by atoms with E-state index in [-0.39, 0.29) is 10.8 Å². The summed E-state index contributed by atoms with van der Waals surface area (Å²) in [6.07, 6.45) is 7.08. The summed E-state index contributed by atoms with van der Waals surface area (Å²) in [5.41, 5.74) is 5.62. The van der Waals surface area contributed by atoms with Crippen LogP contribution in [-0.4, -0.2) is 5.11 Å². The summed E-state index contributed by atoms with van der Waals surface area (Å²) in [4.78, 5) is 0. The molecule has 2 aliphatic carbocycles. The highest BCUT2D eigenvalue weighted by atomic mass is 16.3. The predicted molar refractivity (Wildman–Crippen MR) is 89.0 cm³/mol. The molecule has 0 saturated heterocycles. The number of rotatable bonds is 1. The lowest BCUT2D eigenvalue weighted by atomic mass is 9.55. The Bertz CT molecular complexity index is 607. The van der Waals surface area contributed by atoms with E-state index in [1.165, 1.54) is 29.5 Å². The monoisotopic (exact) mass is 284 g/mol. The van der Waals surface area contributed by atoms with Crippen LogP contribution in [0.15, 0.2) is 23.8 Å². The molecule has 0 heterocycles. The van der Waals surface area contributed by atoms with Crippen LogP contribution in [0.5, 0.6) is 5.75 Å². The highest BCUT2D eigenvalue weighted by Crippen LogP contribution is 2.56. The lowest BCUT2D eigenvalue weighted by molar-refractivity contribution is 0.249. The molecule has 21 heavy (non-hydrogen) atoms. The van der Waals surface area contributed by atoms with Gasteiger partial charge in [-0.25, -0.2) is 0 Å². The van der Waals surface area contributed by atoms with Gasteiger partial charge in [-0.3, -0.25) is 0 Å². The largest absolute Gasteiger partial charge is 0.508 e. The number of allylic oxidation sites excluding steroid dienone is 2. The molecule has 0 amide bonds. The van der Waals surface area contributed by atoms with Gasteiger partial charge in [0.15, 0.2) is 0 Å². The molecule has 1 aromatic rings. The van der Waals surface area contributed by atoms with Crippen molar-refractivity contribution in [3.63, 3.8) is 0 Å². The predicted octanol–water partition coefficient (Wildman–Crippen LogP) is 5.47. The smallest absolute Gasteiger partial charge is 0.120 e. The van der Waals surface area contributed by atoms with Crippen LogP contribution in [-0.2, 0) is 11.8 Å². The van der Waals surface area contributed by atoms with Crippen molar-refractivity contribution in [2.45, 2.75) is 71.6 Å². The number of aromatic hydroxyl groups is 1. The molecule has 1 saturated carbocycles. The molecule has 114 valence electrons. The van der Waals surface area contributed by atoms with E-state index in [0.717, 1.165) is 12.8 Å². The van der Waals surface area contributed by atoms with Crippen molar-refractivity contribution in [1.82, 2.24) is 0 Å². The standard InChI is InChI=1S/C20H28O/c1-13(2)15-11-14-7-8-17-19(3,4)9-6-10-20(17,5)18(14)16(21)12-15/h8,11-13,21H,6-7,9-10H2,1-5H3. The minimum atomic E-state index is 0.0227. The second-order valence-electron chi connectivity index (χ2n) is 8.12. The molecular weight excluding hydrogens is 256 g/mol. The second kappa shape index (κ2) is 4.63. The normalized spacial score (nSPS) is 27.0. The Balaban J connectivity index is 2.18. The summed E-state index contributed by atoms with van der Waals surface area (Å²) < 4.78 is 0. The second-order valence-corrected chi connectivity index (χ2v) is 8.12. The van der Waals surface area contributed by atoms with Crippen LogP contribution < -0.4 is 0 Å². The van der Waals surface area contributed by atoms with E-state index >= 15 is 0 Å². The van der Waals surface area contributed by atoms with Crippen molar-refractivity contribution < 1.29 is 5.11 Å². The first-order chi connectivity index (χ1) is 9.75. The maximum absolute atomic E-state index is 10.7. The van der Waals surface area contributed by atoms with Gasteiger partial charge in [-0.1, -0.05) is 58.8 Å². The molecule has 0 spiro atoms. The van der Waals surface area contributed by atoms with E-state index in [9.17, 15) is 5.11 Å². The lowest BCUT2D eigenvalue weighted by Gasteiger charge is -2.49. The Morgan fingerprint density at radius 2 is 1.81 bits per heavy atom. The van der Waals surface area contributed by atoms with Gasteiger partial charge < -0.3 is 5.11 Å². The molecule has 0 aromatic heterocycles. The number of phenolic OH excluding ortho intramolecular Hbond substituents is 1. The average Bonchev–Trinajstić information content (AvgIpc) is 2.36. The zero-order valence-electron chi connectivity index (χ0n) is 14.1. The van der Waals surface area contributed by atoms with Crippen LogP contribution >= 0.6 is 0 Å². The van der Waals surface area contributed by atoms with Gasteiger partial charge in [0, 0.05) is 11.0 Å². The maximum Gasteiger partial charge on any atom is 0.120 e. The van der Waals surface area contributed by atoms with Gasteiger partial charge >= 0.3 is 0 Å². The van der Waals surface area contributed by atoms with Crippen LogP contribution in [0.25, 0.3) is 0 Å². The van der Waals surface area contributed by atoms with E-state index in [2.05, 4.69) is 46.8 Å². The Morgan fingerprint density at radius 1 is 1.10 bits per heavy atom. The third-order valence-corrected chi connectivity index (χ3v) is 5.77. The number of phenols is 1. The Kier molecular flexibility index (Phi) is 3.24. The molecule has 0 bridgehead atoms. The molecule has 2 aliphatic rings. The first-order valence-electron chi connectivity index (χ1n) is 8.33. The topological polar surface area (TPSA) is 20.2 Å².